The van der Waals surface area contributed by atoms with E-state index in [9.17, 15) is 13.2 Å². The predicted molar refractivity (Wildman–Crippen MR) is 78.9 cm³/mol. The smallest absolute Gasteiger partial charge is 0.153 e. The quantitative estimate of drug-likeness (QED) is 0.779. The summed E-state index contributed by atoms with van der Waals surface area (Å²) in [7, 11) is -3.20. The van der Waals surface area contributed by atoms with Crippen LogP contribution in [0, 0.1) is 10.8 Å². The SMILES string of the molecule is CCC1(C)CCCC(=O)[C@@]1(CC)CS(=O)(=O)C(C)C. The number of sulfone groups is 1. The maximum Gasteiger partial charge on any atom is 0.153 e. The molecule has 0 aromatic heterocycles. The van der Waals surface area contributed by atoms with Crippen LogP contribution < -0.4 is 0 Å². The van der Waals surface area contributed by atoms with E-state index in [2.05, 4.69) is 13.8 Å². The minimum atomic E-state index is -3.20. The average Bonchev–Trinajstić information content (AvgIpc) is 2.34. The highest BCUT2D eigenvalue weighted by Gasteiger charge is 2.54. The first-order chi connectivity index (χ1) is 8.65. The van der Waals surface area contributed by atoms with Crippen LogP contribution in [0.25, 0.3) is 0 Å². The Balaban J connectivity index is 3.29. The van der Waals surface area contributed by atoms with Gasteiger partial charge in [0.1, 0.15) is 5.78 Å². The zero-order valence-electron chi connectivity index (χ0n) is 13.0. The molecule has 4 heteroatoms. The van der Waals surface area contributed by atoms with E-state index in [0.29, 0.717) is 12.8 Å². The molecule has 0 spiro atoms. The molecule has 0 saturated heterocycles. The maximum atomic E-state index is 12.6. The summed E-state index contributed by atoms with van der Waals surface area (Å²) in [6, 6.07) is 0. The topological polar surface area (TPSA) is 51.2 Å². The third kappa shape index (κ3) is 2.74. The van der Waals surface area contributed by atoms with Crippen molar-refractivity contribution >= 4 is 15.6 Å². The van der Waals surface area contributed by atoms with Gasteiger partial charge in [-0.15, -0.1) is 0 Å². The lowest BCUT2D eigenvalue weighted by molar-refractivity contribution is -0.140. The van der Waals surface area contributed by atoms with Crippen LogP contribution in [0.3, 0.4) is 0 Å². The lowest BCUT2D eigenvalue weighted by Gasteiger charge is -2.50. The number of hydrogen-bond donors (Lipinski definition) is 0. The van der Waals surface area contributed by atoms with Gasteiger partial charge in [-0.05, 0) is 44.9 Å². The Morgan fingerprint density at radius 2 is 1.79 bits per heavy atom. The van der Waals surface area contributed by atoms with E-state index in [1.807, 2.05) is 6.92 Å². The van der Waals surface area contributed by atoms with Gasteiger partial charge in [0, 0.05) is 11.8 Å². The Bertz CT molecular complexity index is 438. The molecule has 0 N–H and O–H groups in total. The fourth-order valence-electron chi connectivity index (χ4n) is 3.46. The molecule has 1 rings (SSSR count). The maximum absolute atomic E-state index is 12.6. The molecule has 0 heterocycles. The molecule has 2 atom stereocenters. The molecule has 1 saturated carbocycles. The number of Topliss-reactive ketones (excluding diaryl/α,β-unsaturated/α-hetero) is 1. The van der Waals surface area contributed by atoms with Gasteiger partial charge in [-0.3, -0.25) is 4.79 Å². The van der Waals surface area contributed by atoms with Crippen molar-refractivity contribution in [3.8, 4) is 0 Å². The van der Waals surface area contributed by atoms with Crippen LogP contribution in [0.2, 0.25) is 0 Å². The summed E-state index contributed by atoms with van der Waals surface area (Å²) < 4.78 is 24.7. The molecule has 0 aromatic carbocycles. The average molecular weight is 288 g/mol. The summed E-state index contributed by atoms with van der Waals surface area (Å²) in [5.41, 5.74) is -0.859. The Morgan fingerprint density at radius 3 is 2.21 bits per heavy atom. The van der Waals surface area contributed by atoms with Gasteiger partial charge in [0.25, 0.3) is 0 Å². The van der Waals surface area contributed by atoms with Crippen molar-refractivity contribution in [2.24, 2.45) is 10.8 Å². The van der Waals surface area contributed by atoms with Crippen LogP contribution in [0.4, 0.5) is 0 Å². The molecule has 3 nitrogen and oxygen atoms in total. The molecule has 0 amide bonds. The van der Waals surface area contributed by atoms with Crippen LogP contribution in [0.1, 0.15) is 66.7 Å². The third-order valence-electron chi connectivity index (χ3n) is 5.37. The van der Waals surface area contributed by atoms with Gasteiger partial charge in [0.05, 0.1) is 11.0 Å². The molecule has 112 valence electrons. The van der Waals surface area contributed by atoms with Gasteiger partial charge >= 0.3 is 0 Å². The van der Waals surface area contributed by atoms with Crippen molar-refractivity contribution in [2.45, 2.75) is 72.0 Å². The third-order valence-corrected chi connectivity index (χ3v) is 7.70. The molecule has 0 radical (unpaired) electrons. The second kappa shape index (κ2) is 5.55. The highest BCUT2D eigenvalue weighted by Crippen LogP contribution is 2.53. The number of hydrogen-bond acceptors (Lipinski definition) is 3. The largest absolute Gasteiger partial charge is 0.299 e. The summed E-state index contributed by atoms with van der Waals surface area (Å²) in [6.45, 7) is 9.55. The first-order valence-electron chi connectivity index (χ1n) is 7.40. The van der Waals surface area contributed by atoms with Crippen molar-refractivity contribution in [3.05, 3.63) is 0 Å². The van der Waals surface area contributed by atoms with Gasteiger partial charge in [0.15, 0.2) is 9.84 Å². The zero-order valence-corrected chi connectivity index (χ0v) is 13.8. The molecule has 19 heavy (non-hydrogen) atoms. The molecular weight excluding hydrogens is 260 g/mol. The molecule has 1 aliphatic rings. The van der Waals surface area contributed by atoms with Crippen molar-refractivity contribution in [1.82, 2.24) is 0 Å². The fourth-order valence-corrected chi connectivity index (χ4v) is 5.19. The van der Waals surface area contributed by atoms with Crippen molar-refractivity contribution < 1.29 is 13.2 Å². The summed E-state index contributed by atoms with van der Waals surface area (Å²) in [4.78, 5) is 12.6. The predicted octanol–water partition coefficient (Wildman–Crippen LogP) is 3.38. The van der Waals surface area contributed by atoms with E-state index in [4.69, 9.17) is 0 Å². The highest BCUT2D eigenvalue weighted by atomic mass is 32.2. The molecule has 0 aliphatic heterocycles. The Kier molecular flexibility index (Phi) is 4.87. The lowest BCUT2D eigenvalue weighted by atomic mass is 9.55. The van der Waals surface area contributed by atoms with Crippen LogP contribution in [-0.4, -0.2) is 25.2 Å². The molecular formula is C15H28O3S. The molecule has 1 unspecified atom stereocenters. The van der Waals surface area contributed by atoms with Crippen LogP contribution in [0.15, 0.2) is 0 Å². The van der Waals surface area contributed by atoms with Gasteiger partial charge in [-0.1, -0.05) is 20.8 Å². The number of carbonyl (C=O) groups excluding carboxylic acids is 1. The van der Waals surface area contributed by atoms with Crippen molar-refractivity contribution in [3.63, 3.8) is 0 Å². The second-order valence-electron chi connectivity index (χ2n) is 6.48. The number of carbonyl (C=O) groups is 1. The summed E-state index contributed by atoms with van der Waals surface area (Å²) in [5, 5.41) is -0.410. The minimum Gasteiger partial charge on any atom is -0.299 e. The van der Waals surface area contributed by atoms with Gasteiger partial charge in [-0.25, -0.2) is 8.42 Å². The first-order valence-corrected chi connectivity index (χ1v) is 9.11. The van der Waals surface area contributed by atoms with Gasteiger partial charge in [-0.2, -0.15) is 0 Å². The fraction of sp³-hybridized carbons (Fsp3) is 0.933. The summed E-state index contributed by atoms with van der Waals surface area (Å²) >= 11 is 0. The van der Waals surface area contributed by atoms with Gasteiger partial charge < -0.3 is 0 Å². The monoisotopic (exact) mass is 288 g/mol. The van der Waals surface area contributed by atoms with Crippen molar-refractivity contribution in [1.29, 1.82) is 0 Å². The normalized spacial score (nSPS) is 32.8. The first kappa shape index (κ1) is 16.7. The van der Waals surface area contributed by atoms with E-state index < -0.39 is 20.5 Å². The molecule has 0 bridgehead atoms. The van der Waals surface area contributed by atoms with Crippen molar-refractivity contribution in [2.75, 3.05) is 5.75 Å². The minimum absolute atomic E-state index is 0.0251. The van der Waals surface area contributed by atoms with Gasteiger partial charge in [0.2, 0.25) is 0 Å². The van der Waals surface area contributed by atoms with Crippen LogP contribution in [-0.2, 0) is 14.6 Å². The molecule has 1 aliphatic carbocycles. The number of ketones is 1. The lowest BCUT2D eigenvalue weighted by Crippen LogP contribution is -2.53. The molecule has 1 fully saturated rings. The Hall–Kier alpha value is -0.380. The summed E-state index contributed by atoms with van der Waals surface area (Å²) in [6.07, 6.45) is 3.88. The van der Waals surface area contributed by atoms with E-state index in [-0.39, 0.29) is 17.0 Å². The Morgan fingerprint density at radius 1 is 1.21 bits per heavy atom. The zero-order chi connectivity index (χ0) is 14.9. The van der Waals surface area contributed by atoms with E-state index in [1.54, 1.807) is 13.8 Å². The highest BCUT2D eigenvalue weighted by molar-refractivity contribution is 7.92. The Labute approximate surface area is 118 Å². The van der Waals surface area contributed by atoms with Crippen LogP contribution >= 0.6 is 0 Å². The number of rotatable bonds is 5. The molecule has 0 aromatic rings. The van der Waals surface area contributed by atoms with E-state index in [0.717, 1.165) is 19.3 Å². The second-order valence-corrected chi connectivity index (χ2v) is 9.04. The van der Waals surface area contributed by atoms with Crippen LogP contribution in [0.5, 0.6) is 0 Å². The van der Waals surface area contributed by atoms with E-state index in [1.165, 1.54) is 0 Å². The van der Waals surface area contributed by atoms with E-state index >= 15 is 0 Å². The standard InChI is InChI=1S/C15H28O3S/c1-6-14(5)10-8-9-13(16)15(14,7-2)11-19(17,18)12(3)4/h12H,6-11H2,1-5H3/t14?,15-/m1/s1. The summed E-state index contributed by atoms with van der Waals surface area (Å²) in [5.74, 6) is 0.187.